The summed E-state index contributed by atoms with van der Waals surface area (Å²) in [5, 5.41) is 0.211. The standard InChI is InChI=1S/C57H69N3O25S5/c1-56(20-10-34-86(64,65)66)49(58(22-26-79-3)45-15-13-41-43(54(45)56)35-39(87(67,68)69)37-47(41)89(73,74)75)11-8-6-5-7-9-12-50-57(2,21-25-82-30-31-84-33-32-83-29-28-80-4)55-44-36-40(88(70,71)72)38-48(90(76,77)78)42(44)14-16-46(55)59(50)23-27-81-24-19-53(63)85-60-51(61)17-18-52(60)62/h5-9,11-16,35-38H,10,17-34H2,1-4H3,(H4-,64,65,66,67,68,69,70,71,72,73,74,75,76,77,78)/p+1. The van der Waals surface area contributed by atoms with E-state index in [9.17, 15) is 79.2 Å². The Morgan fingerprint density at radius 3 is 1.66 bits per heavy atom. The average Bonchev–Trinajstić information content (AvgIpc) is 1.53. The smallest absolute Gasteiger partial charge is 0.335 e. The summed E-state index contributed by atoms with van der Waals surface area (Å²) >= 11 is 0. The first kappa shape index (κ1) is 71.2. The topological polar surface area (TPSA) is 397 Å². The summed E-state index contributed by atoms with van der Waals surface area (Å²) in [4.78, 5) is 40.2. The summed E-state index contributed by atoms with van der Waals surface area (Å²) in [6.07, 6.45) is 10.9. The lowest BCUT2D eigenvalue weighted by molar-refractivity contribution is -0.441. The number of hydrogen-bond acceptors (Lipinski definition) is 21. The molecule has 492 valence electrons. The molecule has 2 unspecified atom stereocenters. The third kappa shape index (κ3) is 17.1. The van der Waals surface area contributed by atoms with E-state index in [2.05, 4.69) is 0 Å². The molecule has 33 heteroatoms. The Balaban J connectivity index is 1.28. The van der Waals surface area contributed by atoms with Crippen LogP contribution < -0.4 is 4.90 Å². The van der Waals surface area contributed by atoms with Crippen molar-refractivity contribution in [1.29, 1.82) is 0 Å². The average molecular weight is 1360 g/mol. The number of fused-ring (bicyclic) bond motifs is 6. The number of nitrogens with zero attached hydrogens (tertiary/aromatic N) is 3. The number of imide groups is 1. The van der Waals surface area contributed by atoms with Crippen LogP contribution in [0.1, 0.15) is 63.5 Å². The van der Waals surface area contributed by atoms with Crippen LogP contribution in [0.4, 0.5) is 11.4 Å². The number of hydrogen-bond donors (Lipinski definition) is 5. The molecule has 3 heterocycles. The Hall–Kier alpha value is -6.25. The van der Waals surface area contributed by atoms with Crippen LogP contribution >= 0.6 is 0 Å². The van der Waals surface area contributed by atoms with Gasteiger partial charge in [0.2, 0.25) is 5.69 Å². The summed E-state index contributed by atoms with van der Waals surface area (Å²) < 4.78 is 213. The molecule has 0 aromatic heterocycles. The quantitative estimate of drug-likeness (QED) is 0.0134. The molecule has 7 rings (SSSR count). The van der Waals surface area contributed by atoms with Crippen LogP contribution in [0.15, 0.2) is 116 Å². The van der Waals surface area contributed by atoms with E-state index in [1.807, 2.05) is 0 Å². The van der Waals surface area contributed by atoms with Gasteiger partial charge in [0.1, 0.15) is 16.4 Å². The van der Waals surface area contributed by atoms with Crippen molar-refractivity contribution in [2.24, 2.45) is 0 Å². The van der Waals surface area contributed by atoms with Gasteiger partial charge < -0.3 is 38.2 Å². The first-order valence-corrected chi connectivity index (χ1v) is 35.2. The molecule has 0 spiro atoms. The van der Waals surface area contributed by atoms with Crippen LogP contribution in [0, 0.1) is 0 Å². The van der Waals surface area contributed by atoms with E-state index >= 15 is 0 Å². The number of ether oxygens (including phenoxy) is 6. The van der Waals surface area contributed by atoms with Crippen molar-refractivity contribution < 1.29 is 117 Å². The number of methoxy groups -OCH3 is 2. The molecule has 28 nitrogen and oxygen atoms in total. The van der Waals surface area contributed by atoms with Gasteiger partial charge in [-0.2, -0.15) is 46.7 Å². The molecule has 0 bridgehead atoms. The van der Waals surface area contributed by atoms with E-state index < -0.39 is 105 Å². The Labute approximate surface area is 521 Å². The molecule has 0 saturated carbocycles. The molecule has 3 aliphatic heterocycles. The van der Waals surface area contributed by atoms with E-state index in [-0.39, 0.29) is 119 Å². The molecule has 1 fully saturated rings. The van der Waals surface area contributed by atoms with Gasteiger partial charge in [-0.05, 0) is 91.9 Å². The molecule has 90 heavy (non-hydrogen) atoms. The minimum absolute atomic E-state index is 0.0133. The molecule has 4 aromatic carbocycles. The highest BCUT2D eigenvalue weighted by Crippen LogP contribution is 2.54. The van der Waals surface area contributed by atoms with E-state index in [1.165, 1.54) is 19.2 Å². The molecule has 5 N–H and O–H groups in total. The lowest BCUT2D eigenvalue weighted by Gasteiger charge is -2.31. The fourth-order valence-corrected chi connectivity index (χ4v) is 14.4. The Morgan fingerprint density at radius 1 is 0.578 bits per heavy atom. The van der Waals surface area contributed by atoms with Gasteiger partial charge in [0, 0.05) is 85.5 Å². The predicted molar refractivity (Wildman–Crippen MR) is 324 cm³/mol. The van der Waals surface area contributed by atoms with Crippen molar-refractivity contribution in [3.05, 3.63) is 108 Å². The molecule has 4 aromatic rings. The Kier molecular flexibility index (Phi) is 23.4. The number of amides is 2. The van der Waals surface area contributed by atoms with Gasteiger partial charge in [-0.15, -0.1) is 5.06 Å². The summed E-state index contributed by atoms with van der Waals surface area (Å²) in [6, 6.07) is 9.23. The van der Waals surface area contributed by atoms with Gasteiger partial charge in [0.25, 0.3) is 62.4 Å². The van der Waals surface area contributed by atoms with Gasteiger partial charge in [0.15, 0.2) is 12.3 Å². The van der Waals surface area contributed by atoms with Crippen LogP contribution in [0.3, 0.4) is 0 Å². The number of anilines is 1. The maximum absolute atomic E-state index is 13.0. The van der Waals surface area contributed by atoms with Crippen molar-refractivity contribution in [3.63, 3.8) is 0 Å². The molecule has 2 atom stereocenters. The molecule has 0 radical (unpaired) electrons. The summed E-state index contributed by atoms with van der Waals surface area (Å²) in [5.74, 6) is -2.94. The van der Waals surface area contributed by atoms with Crippen LogP contribution in [-0.2, 0) is 109 Å². The van der Waals surface area contributed by atoms with E-state index in [0.29, 0.717) is 70.9 Å². The van der Waals surface area contributed by atoms with Crippen molar-refractivity contribution >= 4 is 107 Å². The summed E-state index contributed by atoms with van der Waals surface area (Å²) in [5.41, 5.74) is -0.0703. The molecule has 0 aliphatic carbocycles. The second kappa shape index (κ2) is 29.6. The number of carbonyl (C=O) groups excluding carboxylic acids is 3. The van der Waals surface area contributed by atoms with Crippen molar-refractivity contribution in [2.75, 3.05) is 104 Å². The number of carbonyl (C=O) groups is 3. The second-order valence-electron chi connectivity index (χ2n) is 21.3. The highest BCUT2D eigenvalue weighted by atomic mass is 32.2. The number of rotatable bonds is 34. The normalized spacial score (nSPS) is 19.0. The summed E-state index contributed by atoms with van der Waals surface area (Å²) in [7, 11) is -22.0. The minimum atomic E-state index is -5.14. The lowest BCUT2D eigenvalue weighted by Crippen LogP contribution is -2.33. The SMILES string of the molecule is COCCOCCOCCOCCC1(C)\C(=C/C=C/C=C/C=C/C2=[N+](CCOC)c3ccc4c(S(=O)(=O)O)cc(S(=O)(=O)O)cc4c3C2(C)CCCS(=O)(=O)O)N(CCOCCC(=O)ON2C(=O)CCC2=O)c2ccc3c(S(=O)(=O)O)cc(S(=O)(=O)O)cc3c21. The number of hydroxylamine groups is 2. The van der Waals surface area contributed by atoms with Crippen LogP contribution in [-0.4, -0.2) is 197 Å². The zero-order valence-corrected chi connectivity index (χ0v) is 53.5. The molecule has 1 saturated heterocycles. The number of benzene rings is 4. The van der Waals surface area contributed by atoms with Gasteiger partial charge >= 0.3 is 5.97 Å². The van der Waals surface area contributed by atoms with Crippen LogP contribution in [0.5, 0.6) is 0 Å². The van der Waals surface area contributed by atoms with E-state index in [0.717, 1.165) is 12.1 Å². The second-order valence-corrected chi connectivity index (χ2v) is 28.5. The highest BCUT2D eigenvalue weighted by Gasteiger charge is 2.50. The third-order valence-electron chi connectivity index (χ3n) is 15.2. The lowest BCUT2D eigenvalue weighted by atomic mass is 9.74. The third-order valence-corrected chi connectivity index (χ3v) is 19.5. The zero-order chi connectivity index (χ0) is 66.0. The van der Waals surface area contributed by atoms with Crippen molar-refractivity contribution in [1.82, 2.24) is 5.06 Å². The Morgan fingerprint density at radius 2 is 1.10 bits per heavy atom. The first-order chi connectivity index (χ1) is 42.3. The van der Waals surface area contributed by atoms with Crippen molar-refractivity contribution in [2.45, 2.75) is 82.8 Å². The maximum Gasteiger partial charge on any atom is 0.335 e. The Bertz CT molecular complexity index is 4150. The van der Waals surface area contributed by atoms with E-state index in [1.54, 1.807) is 85.1 Å². The largest absolute Gasteiger partial charge is 0.382 e. The molecular weight excluding hydrogens is 1290 g/mol. The molecule has 2 amide bonds. The van der Waals surface area contributed by atoms with Crippen LogP contribution in [0.2, 0.25) is 0 Å². The highest BCUT2D eigenvalue weighted by molar-refractivity contribution is 7.87. The van der Waals surface area contributed by atoms with Gasteiger partial charge in [0.05, 0.1) is 80.2 Å². The van der Waals surface area contributed by atoms with Crippen LogP contribution in [0.25, 0.3) is 21.5 Å². The zero-order valence-electron chi connectivity index (χ0n) is 49.4. The fraction of sp³-hybridized carbons (Fsp3) is 0.439. The number of allylic oxidation sites excluding steroid dienone is 8. The van der Waals surface area contributed by atoms with E-state index in [4.69, 9.17) is 33.3 Å². The monoisotopic (exact) mass is 1360 g/mol. The van der Waals surface area contributed by atoms with Gasteiger partial charge in [-0.1, -0.05) is 36.4 Å². The predicted octanol–water partition coefficient (Wildman–Crippen LogP) is 5.08. The minimum Gasteiger partial charge on any atom is -0.382 e. The molecule has 3 aliphatic rings. The molecular formula is C57H70N3O25S5+. The first-order valence-electron chi connectivity index (χ1n) is 27.8. The fourth-order valence-electron chi connectivity index (χ4n) is 11.2. The summed E-state index contributed by atoms with van der Waals surface area (Å²) in [6.45, 7) is 5.10. The maximum atomic E-state index is 13.0. The van der Waals surface area contributed by atoms with Crippen molar-refractivity contribution in [3.8, 4) is 0 Å². The van der Waals surface area contributed by atoms with Gasteiger partial charge in [-0.25, -0.2) is 4.79 Å². The van der Waals surface area contributed by atoms with Gasteiger partial charge in [-0.3, -0.25) is 32.4 Å².